The molecule has 4 nitrogen and oxygen atoms in total. The molecule has 1 heterocycles. The summed E-state index contributed by atoms with van der Waals surface area (Å²) in [7, 11) is 0.756. The van der Waals surface area contributed by atoms with E-state index >= 15 is 0 Å². The molecule has 0 saturated heterocycles. The summed E-state index contributed by atoms with van der Waals surface area (Å²) in [5.74, 6) is -1.36. The Morgan fingerprint density at radius 2 is 1.77 bits per heavy atom. The minimum absolute atomic E-state index is 0.114. The number of alkyl halides is 6. The maximum atomic E-state index is 13.0. The zero-order valence-corrected chi connectivity index (χ0v) is 11.5. The fraction of sp³-hybridized carbons (Fsp3) is 0.500. The van der Waals surface area contributed by atoms with Gasteiger partial charge in [0.1, 0.15) is 5.69 Å². The molecule has 1 aromatic heterocycles. The summed E-state index contributed by atoms with van der Waals surface area (Å²) >= 11 is 0. The van der Waals surface area contributed by atoms with Crippen LogP contribution in [0.1, 0.15) is 36.7 Å². The second-order valence-corrected chi connectivity index (χ2v) is 4.37. The Morgan fingerprint density at radius 1 is 1.23 bits per heavy atom. The third-order valence-electron chi connectivity index (χ3n) is 2.81. The Morgan fingerprint density at radius 3 is 2.14 bits per heavy atom. The molecule has 1 rings (SSSR count). The summed E-state index contributed by atoms with van der Waals surface area (Å²) in [6.07, 6.45) is -10.2. The number of aliphatic carboxylic acids is 1. The molecule has 124 valence electrons. The first-order chi connectivity index (χ1) is 9.89. The molecule has 0 unspecified atom stereocenters. The number of aryl methyl sites for hydroxylation is 1. The quantitative estimate of drug-likeness (QED) is 0.856. The highest BCUT2D eigenvalue weighted by molar-refractivity contribution is 5.76. The van der Waals surface area contributed by atoms with Crippen LogP contribution >= 0.6 is 0 Å². The molecule has 10 heteroatoms. The summed E-state index contributed by atoms with van der Waals surface area (Å²) in [6.45, 7) is 1.33. The lowest BCUT2D eigenvalue weighted by Crippen LogP contribution is -2.14. The van der Waals surface area contributed by atoms with Crippen LogP contribution in [-0.2, 0) is 24.2 Å². The van der Waals surface area contributed by atoms with Gasteiger partial charge < -0.3 is 5.11 Å². The van der Waals surface area contributed by atoms with Gasteiger partial charge in [-0.15, -0.1) is 0 Å². The van der Waals surface area contributed by atoms with Crippen molar-refractivity contribution in [1.82, 2.24) is 9.78 Å². The van der Waals surface area contributed by atoms with Gasteiger partial charge in [-0.2, -0.15) is 31.4 Å². The number of carbonyl (C=O) groups is 1. The highest BCUT2D eigenvalue weighted by Crippen LogP contribution is 2.42. The Labute approximate surface area is 121 Å². The van der Waals surface area contributed by atoms with Crippen molar-refractivity contribution >= 4 is 11.5 Å². The normalized spacial score (nSPS) is 13.5. The molecule has 1 aromatic rings. The highest BCUT2D eigenvalue weighted by Gasteiger charge is 2.46. The second kappa shape index (κ2) is 6.01. The molecular formula is C12H12F6N2O2. The third-order valence-corrected chi connectivity index (χ3v) is 2.81. The number of hydrogen-bond acceptors (Lipinski definition) is 2. The Kier molecular flexibility index (Phi) is 4.93. The fourth-order valence-electron chi connectivity index (χ4n) is 1.99. The Bertz CT molecular complexity index is 598. The van der Waals surface area contributed by atoms with E-state index < -0.39 is 41.7 Å². The highest BCUT2D eigenvalue weighted by atomic mass is 19.4. The lowest BCUT2D eigenvalue weighted by atomic mass is 9.98. The van der Waals surface area contributed by atoms with E-state index in [4.69, 9.17) is 5.11 Å². The van der Waals surface area contributed by atoms with Crippen molar-refractivity contribution in [3.8, 4) is 0 Å². The van der Waals surface area contributed by atoms with Gasteiger partial charge in [0.15, 0.2) is 5.69 Å². The lowest BCUT2D eigenvalue weighted by Gasteiger charge is -2.13. The molecule has 0 saturated carbocycles. The topological polar surface area (TPSA) is 55.1 Å². The van der Waals surface area contributed by atoms with Gasteiger partial charge in [-0.1, -0.05) is 13.0 Å². The van der Waals surface area contributed by atoms with Gasteiger partial charge >= 0.3 is 18.3 Å². The average molecular weight is 330 g/mol. The van der Waals surface area contributed by atoms with E-state index in [1.165, 1.54) is 6.92 Å². The molecule has 0 atom stereocenters. The summed E-state index contributed by atoms with van der Waals surface area (Å²) in [4.78, 5) is 10.5. The average Bonchev–Trinajstić information content (AvgIpc) is 2.67. The van der Waals surface area contributed by atoms with Crippen molar-refractivity contribution < 1.29 is 36.2 Å². The molecule has 0 aliphatic heterocycles. The van der Waals surface area contributed by atoms with E-state index in [0.29, 0.717) is 0 Å². The first-order valence-corrected chi connectivity index (χ1v) is 6.02. The van der Waals surface area contributed by atoms with Crippen LogP contribution in [0, 0.1) is 0 Å². The molecule has 0 bridgehead atoms. The summed E-state index contributed by atoms with van der Waals surface area (Å²) in [6, 6.07) is 0. The van der Waals surface area contributed by atoms with Crippen LogP contribution in [0.5, 0.6) is 0 Å². The van der Waals surface area contributed by atoms with E-state index in [2.05, 4.69) is 5.10 Å². The molecule has 0 radical (unpaired) electrons. The molecule has 1 N–H and O–H groups in total. The van der Waals surface area contributed by atoms with Gasteiger partial charge in [-0.25, -0.2) is 0 Å². The fourth-order valence-corrected chi connectivity index (χ4v) is 1.99. The zero-order valence-electron chi connectivity index (χ0n) is 11.5. The number of aromatic nitrogens is 2. The maximum Gasteiger partial charge on any atom is 0.435 e. The van der Waals surface area contributed by atoms with E-state index in [-0.39, 0.29) is 16.7 Å². The van der Waals surface area contributed by atoms with Crippen LogP contribution in [0.15, 0.2) is 6.08 Å². The largest absolute Gasteiger partial charge is 0.481 e. The Balaban J connectivity index is 3.67. The minimum Gasteiger partial charge on any atom is -0.481 e. The number of halogens is 6. The first-order valence-electron chi connectivity index (χ1n) is 6.02. The summed E-state index contributed by atoms with van der Waals surface area (Å²) < 4.78 is 78.0. The van der Waals surface area contributed by atoms with E-state index in [0.717, 1.165) is 13.1 Å². The number of carboxylic acid groups (broad SMARTS) is 1. The maximum absolute atomic E-state index is 13.0. The number of nitrogens with zero attached hydrogens (tertiary/aromatic N) is 2. The molecule has 0 aromatic carbocycles. The van der Waals surface area contributed by atoms with Crippen molar-refractivity contribution in [2.24, 2.45) is 7.05 Å². The predicted molar refractivity (Wildman–Crippen MR) is 63.7 cm³/mol. The molecule has 0 fully saturated rings. The van der Waals surface area contributed by atoms with Crippen molar-refractivity contribution in [2.45, 2.75) is 32.1 Å². The van der Waals surface area contributed by atoms with Gasteiger partial charge in [0.2, 0.25) is 0 Å². The van der Waals surface area contributed by atoms with Crippen LogP contribution in [0.2, 0.25) is 0 Å². The Hall–Kier alpha value is -2.00. The van der Waals surface area contributed by atoms with Crippen molar-refractivity contribution in [2.75, 3.05) is 0 Å². The van der Waals surface area contributed by atoms with Gasteiger partial charge in [-0.3, -0.25) is 9.48 Å². The van der Waals surface area contributed by atoms with Gasteiger partial charge in [0.25, 0.3) is 0 Å². The van der Waals surface area contributed by atoms with Crippen LogP contribution < -0.4 is 0 Å². The van der Waals surface area contributed by atoms with E-state index in [9.17, 15) is 31.1 Å². The molecule has 0 aliphatic rings. The summed E-state index contributed by atoms with van der Waals surface area (Å²) in [5.41, 5.74) is -4.72. The van der Waals surface area contributed by atoms with Crippen LogP contribution in [0.25, 0.3) is 5.57 Å². The van der Waals surface area contributed by atoms with Crippen LogP contribution in [-0.4, -0.2) is 20.9 Å². The molecule has 22 heavy (non-hydrogen) atoms. The predicted octanol–water partition coefficient (Wildman–Crippen LogP) is 3.73. The van der Waals surface area contributed by atoms with Crippen molar-refractivity contribution in [3.63, 3.8) is 0 Å². The molecule has 0 amide bonds. The van der Waals surface area contributed by atoms with Gasteiger partial charge in [-0.05, 0) is 12.0 Å². The summed E-state index contributed by atoms with van der Waals surface area (Å²) in [5, 5.41) is 11.5. The second-order valence-electron chi connectivity index (χ2n) is 4.37. The van der Waals surface area contributed by atoms with Crippen molar-refractivity contribution in [3.05, 3.63) is 23.0 Å². The standard InChI is InChI=1S/C12H12F6N2O2/c1-3-6(4-5-7(21)22)8-9(11(13,14)15)19-20(2)10(8)12(16,17)18/h4H,3,5H2,1-2H3,(H,21,22)/b6-4+. The number of hydrogen-bond donors (Lipinski definition) is 1. The first kappa shape index (κ1) is 18.1. The van der Waals surface area contributed by atoms with E-state index in [1.807, 2.05) is 0 Å². The number of carboxylic acids is 1. The SMILES string of the molecule is CC/C(=C\CC(=O)O)c1c(C(F)(F)F)nn(C)c1C(F)(F)F. The van der Waals surface area contributed by atoms with Crippen LogP contribution in [0.4, 0.5) is 26.3 Å². The molecular weight excluding hydrogens is 318 g/mol. The van der Waals surface area contributed by atoms with E-state index in [1.54, 1.807) is 0 Å². The monoisotopic (exact) mass is 330 g/mol. The number of allylic oxidation sites excluding steroid dienone is 1. The number of rotatable bonds is 4. The third kappa shape index (κ3) is 3.80. The van der Waals surface area contributed by atoms with Crippen LogP contribution in [0.3, 0.4) is 0 Å². The van der Waals surface area contributed by atoms with Gasteiger partial charge in [0, 0.05) is 12.6 Å². The molecule has 0 aliphatic carbocycles. The minimum atomic E-state index is -5.09. The lowest BCUT2D eigenvalue weighted by molar-refractivity contribution is -0.144. The van der Waals surface area contributed by atoms with Crippen molar-refractivity contribution in [1.29, 1.82) is 0 Å². The van der Waals surface area contributed by atoms with Gasteiger partial charge in [0.05, 0.1) is 6.42 Å². The molecule has 0 spiro atoms. The zero-order chi connectivity index (χ0) is 17.3. The smallest absolute Gasteiger partial charge is 0.435 e.